The minimum absolute atomic E-state index is 0.00892. The summed E-state index contributed by atoms with van der Waals surface area (Å²) >= 11 is 0. The summed E-state index contributed by atoms with van der Waals surface area (Å²) in [7, 11) is 4.08. The maximum absolute atomic E-state index is 12.2. The average Bonchev–Trinajstić information content (AvgIpc) is 2.97. The average molecular weight is 589 g/mol. The van der Waals surface area contributed by atoms with Gasteiger partial charge in [-0.1, -0.05) is 66.7 Å². The molecule has 0 aromatic carbocycles. The summed E-state index contributed by atoms with van der Waals surface area (Å²) in [5.74, 6) is -0.140. The van der Waals surface area contributed by atoms with Gasteiger partial charge in [-0.2, -0.15) is 0 Å². The number of nitrogens with one attached hydrogen (secondary N) is 3. The van der Waals surface area contributed by atoms with E-state index >= 15 is 0 Å². The fraction of sp³-hybridized carbons (Fsp3) is 0.900. The molecular formula is C30H68N8O3. The minimum atomic E-state index is -0.0746. The van der Waals surface area contributed by atoms with Crippen molar-refractivity contribution >= 4 is 17.7 Å². The van der Waals surface area contributed by atoms with E-state index in [4.69, 9.17) is 11.5 Å². The van der Waals surface area contributed by atoms with Crippen molar-refractivity contribution < 1.29 is 14.4 Å². The van der Waals surface area contributed by atoms with Gasteiger partial charge in [0.05, 0.1) is 0 Å². The van der Waals surface area contributed by atoms with Crippen LogP contribution >= 0.6 is 0 Å². The summed E-state index contributed by atoms with van der Waals surface area (Å²) < 4.78 is 0. The predicted molar refractivity (Wildman–Crippen MR) is 174 cm³/mol. The van der Waals surface area contributed by atoms with Gasteiger partial charge in [-0.25, -0.2) is 0 Å². The number of likely N-dealkylation sites (N-methyl/N-ethyl adjacent to an activating group) is 2. The van der Waals surface area contributed by atoms with E-state index in [1.807, 2.05) is 32.8 Å². The van der Waals surface area contributed by atoms with Gasteiger partial charge < -0.3 is 42.1 Å². The molecule has 0 unspecified atom stereocenters. The van der Waals surface area contributed by atoms with Gasteiger partial charge in [-0.15, -0.1) is 0 Å². The molecule has 11 heteroatoms. The highest BCUT2D eigenvalue weighted by atomic mass is 16.2. The molecule has 0 aromatic rings. The Labute approximate surface area is 252 Å². The Morgan fingerprint density at radius 2 is 0.976 bits per heavy atom. The number of amides is 3. The zero-order chi connectivity index (χ0) is 31.7. The van der Waals surface area contributed by atoms with Crippen molar-refractivity contribution in [2.24, 2.45) is 11.5 Å². The zero-order valence-electron chi connectivity index (χ0n) is 27.9. The summed E-state index contributed by atoms with van der Waals surface area (Å²) in [6, 6.07) is 0. The number of unbranched alkanes of at least 4 members (excludes halogenated alkanes) is 4. The highest BCUT2D eigenvalue weighted by molar-refractivity contribution is 5.77. The van der Waals surface area contributed by atoms with Gasteiger partial charge in [0.25, 0.3) is 0 Å². The first-order valence-electron chi connectivity index (χ1n) is 16.0. The van der Waals surface area contributed by atoms with Gasteiger partial charge in [-0.3, -0.25) is 14.4 Å². The van der Waals surface area contributed by atoms with E-state index in [-0.39, 0.29) is 17.7 Å². The van der Waals surface area contributed by atoms with Crippen LogP contribution in [-0.2, 0) is 14.4 Å². The van der Waals surface area contributed by atoms with E-state index in [1.165, 1.54) is 32.1 Å². The Hall–Kier alpha value is -1.79. The number of hydrogen-bond acceptors (Lipinski definition) is 8. The van der Waals surface area contributed by atoms with Crippen LogP contribution in [-0.4, -0.2) is 125 Å². The molecule has 0 spiro atoms. The van der Waals surface area contributed by atoms with Crippen molar-refractivity contribution in [2.75, 3.05) is 92.6 Å². The molecule has 7 N–H and O–H groups in total. The lowest BCUT2D eigenvalue weighted by molar-refractivity contribution is -0.123. The number of hydrogen-bond donors (Lipinski definition) is 5. The Balaban J connectivity index is -0.00000139. The van der Waals surface area contributed by atoms with Crippen molar-refractivity contribution in [1.29, 1.82) is 0 Å². The molecule has 11 nitrogen and oxygen atoms in total. The van der Waals surface area contributed by atoms with Crippen LogP contribution in [0, 0.1) is 0 Å². The third-order valence-corrected chi connectivity index (χ3v) is 6.17. The molecule has 0 aromatic heterocycles. The van der Waals surface area contributed by atoms with E-state index in [1.54, 1.807) is 0 Å². The lowest BCUT2D eigenvalue weighted by atomic mass is 10.2. The molecule has 0 aliphatic heterocycles. The second-order valence-electron chi connectivity index (χ2n) is 10.0. The van der Waals surface area contributed by atoms with Crippen molar-refractivity contribution in [3.8, 4) is 0 Å². The Bertz CT molecular complexity index is 566. The molecule has 246 valence electrons. The third kappa shape index (κ3) is 34.3. The first kappa shape index (κ1) is 43.7. The SMILES string of the molecule is CC.CCCCCCC.CCN(CCC(=O)NCCN(CCC(=O)NCCN)CCC(=O)NCCN)CCN(C)C. The van der Waals surface area contributed by atoms with Crippen molar-refractivity contribution in [3.63, 3.8) is 0 Å². The number of nitrogens with zero attached hydrogens (tertiary/aromatic N) is 3. The number of carbonyl (C=O) groups is 3. The molecule has 0 saturated carbocycles. The van der Waals surface area contributed by atoms with E-state index in [0.29, 0.717) is 71.6 Å². The fourth-order valence-corrected chi connectivity index (χ4v) is 3.60. The Morgan fingerprint density at radius 3 is 1.34 bits per heavy atom. The monoisotopic (exact) mass is 589 g/mol. The van der Waals surface area contributed by atoms with Crippen LogP contribution in [0.4, 0.5) is 0 Å². The standard InChI is InChI=1S/C21H46N8O3.C7H16.C2H6/c1-4-28(18-17-27(2)3)13-5-21(32)26-12-16-29(14-6-19(30)24-10-8-22)15-7-20(31)25-11-9-23;1-3-5-7-6-4-2;1-2/h4-18,22-23H2,1-3H3,(H,24,30)(H,25,31)(H,26,32);3-7H2,1-2H3;1-2H3. The lowest BCUT2D eigenvalue weighted by Crippen LogP contribution is -2.40. The largest absolute Gasteiger partial charge is 0.355 e. The van der Waals surface area contributed by atoms with E-state index < -0.39 is 0 Å². The molecule has 0 bridgehead atoms. The normalized spacial score (nSPS) is 10.5. The molecule has 3 amide bonds. The molecule has 0 aliphatic rings. The summed E-state index contributed by atoms with van der Waals surface area (Å²) in [6.45, 7) is 17.8. The van der Waals surface area contributed by atoms with Gasteiger partial charge in [0.1, 0.15) is 0 Å². The van der Waals surface area contributed by atoms with Gasteiger partial charge in [0.2, 0.25) is 17.7 Å². The number of nitrogens with two attached hydrogens (primary N) is 2. The molecule has 0 atom stereocenters. The van der Waals surface area contributed by atoms with Crippen molar-refractivity contribution in [3.05, 3.63) is 0 Å². The van der Waals surface area contributed by atoms with Crippen LogP contribution < -0.4 is 27.4 Å². The van der Waals surface area contributed by atoms with Gasteiger partial charge in [0, 0.05) is 91.3 Å². The van der Waals surface area contributed by atoms with Crippen molar-refractivity contribution in [1.82, 2.24) is 30.7 Å². The first-order chi connectivity index (χ1) is 19.7. The van der Waals surface area contributed by atoms with E-state index in [0.717, 1.165) is 26.2 Å². The van der Waals surface area contributed by atoms with Gasteiger partial charge in [-0.05, 0) is 20.6 Å². The highest BCUT2D eigenvalue weighted by Gasteiger charge is 2.12. The van der Waals surface area contributed by atoms with Crippen LogP contribution in [0.2, 0.25) is 0 Å². The van der Waals surface area contributed by atoms with E-state index in [9.17, 15) is 14.4 Å². The van der Waals surface area contributed by atoms with Crippen LogP contribution in [0.15, 0.2) is 0 Å². The second kappa shape index (κ2) is 34.4. The highest BCUT2D eigenvalue weighted by Crippen LogP contribution is 2.00. The molecular weight excluding hydrogens is 520 g/mol. The Morgan fingerprint density at radius 1 is 0.561 bits per heavy atom. The third-order valence-electron chi connectivity index (χ3n) is 6.17. The maximum Gasteiger partial charge on any atom is 0.221 e. The fourth-order valence-electron chi connectivity index (χ4n) is 3.60. The van der Waals surface area contributed by atoms with Crippen LogP contribution in [0.5, 0.6) is 0 Å². The van der Waals surface area contributed by atoms with Crippen LogP contribution in [0.1, 0.15) is 86.0 Å². The molecule has 0 aliphatic carbocycles. The summed E-state index contributed by atoms with van der Waals surface area (Å²) in [5, 5.41) is 8.44. The molecule has 41 heavy (non-hydrogen) atoms. The van der Waals surface area contributed by atoms with Gasteiger partial charge >= 0.3 is 0 Å². The lowest BCUT2D eigenvalue weighted by Gasteiger charge is -2.23. The molecule has 0 radical (unpaired) electrons. The second-order valence-corrected chi connectivity index (χ2v) is 10.0. The minimum Gasteiger partial charge on any atom is -0.355 e. The quantitative estimate of drug-likeness (QED) is 0.107. The molecule has 0 heterocycles. The summed E-state index contributed by atoms with van der Waals surface area (Å²) in [5.41, 5.74) is 10.8. The smallest absolute Gasteiger partial charge is 0.221 e. The molecule has 0 rings (SSSR count). The predicted octanol–water partition coefficient (Wildman–Crippen LogP) is 1.61. The van der Waals surface area contributed by atoms with Crippen LogP contribution in [0.3, 0.4) is 0 Å². The van der Waals surface area contributed by atoms with Crippen molar-refractivity contribution in [2.45, 2.75) is 86.0 Å². The zero-order valence-corrected chi connectivity index (χ0v) is 27.9. The molecule has 0 fully saturated rings. The summed E-state index contributed by atoms with van der Waals surface area (Å²) in [6.07, 6.45) is 8.09. The summed E-state index contributed by atoms with van der Waals surface area (Å²) in [4.78, 5) is 42.4. The first-order valence-corrected chi connectivity index (χ1v) is 16.0. The Kier molecular flexibility index (Phi) is 36.6. The van der Waals surface area contributed by atoms with Crippen LogP contribution in [0.25, 0.3) is 0 Å². The number of carbonyl (C=O) groups excluding carboxylic acids is 3. The van der Waals surface area contributed by atoms with Gasteiger partial charge in [0.15, 0.2) is 0 Å². The van der Waals surface area contributed by atoms with E-state index in [2.05, 4.69) is 46.5 Å². The maximum atomic E-state index is 12.2. The molecule has 0 saturated heterocycles. The topological polar surface area (TPSA) is 149 Å². The number of rotatable bonds is 24.